The highest BCUT2D eigenvalue weighted by atomic mass is 19.1. The second-order valence-corrected chi connectivity index (χ2v) is 5.50. The highest BCUT2D eigenvalue weighted by Gasteiger charge is 2.22. The summed E-state index contributed by atoms with van der Waals surface area (Å²) in [6, 6.07) is 6.66. The van der Waals surface area contributed by atoms with Crippen molar-refractivity contribution in [3.8, 4) is 5.75 Å². The van der Waals surface area contributed by atoms with Gasteiger partial charge >= 0.3 is 5.97 Å². The minimum atomic E-state index is -0.730. The lowest BCUT2D eigenvalue weighted by Gasteiger charge is -2.20. The van der Waals surface area contributed by atoms with Crippen LogP contribution in [-0.4, -0.2) is 17.7 Å². The van der Waals surface area contributed by atoms with Crippen molar-refractivity contribution in [1.82, 2.24) is 0 Å². The number of hydrogen-bond acceptors (Lipinski definition) is 6. The van der Waals surface area contributed by atoms with E-state index >= 15 is 0 Å². The lowest BCUT2D eigenvalue weighted by Crippen LogP contribution is -2.15. The zero-order chi connectivity index (χ0) is 18.0. The predicted octanol–water partition coefficient (Wildman–Crippen LogP) is 3.27. The van der Waals surface area contributed by atoms with Crippen molar-refractivity contribution in [2.24, 2.45) is 0 Å². The van der Waals surface area contributed by atoms with Gasteiger partial charge in [0.05, 0.1) is 17.1 Å². The fraction of sp³-hybridized carbons (Fsp3) is 0.235. The Hall–Kier alpha value is -3.00. The number of nitro benzene ring substituents is 1. The standard InChI is InChI=1S/C17H14FNO6/c1-10-2-3-11(6-15(10)18)17(20)24-8-13-5-14(19(21)22)4-12-7-23-9-25-16(12)13/h2-6H,7-9H2,1H3. The Morgan fingerprint density at radius 3 is 2.88 bits per heavy atom. The van der Waals surface area contributed by atoms with Crippen LogP contribution in [0.5, 0.6) is 5.75 Å². The molecule has 7 nitrogen and oxygen atoms in total. The number of nitrogens with zero attached hydrogens (tertiary/aromatic N) is 1. The molecule has 2 aromatic rings. The maximum atomic E-state index is 13.6. The fourth-order valence-corrected chi connectivity index (χ4v) is 2.44. The fourth-order valence-electron chi connectivity index (χ4n) is 2.44. The molecule has 0 saturated heterocycles. The summed E-state index contributed by atoms with van der Waals surface area (Å²) in [4.78, 5) is 22.6. The van der Waals surface area contributed by atoms with Crippen molar-refractivity contribution >= 4 is 11.7 Å². The topological polar surface area (TPSA) is 87.9 Å². The van der Waals surface area contributed by atoms with Crippen LogP contribution in [0, 0.1) is 22.9 Å². The molecule has 130 valence electrons. The van der Waals surface area contributed by atoms with E-state index in [9.17, 15) is 19.3 Å². The third-order valence-corrected chi connectivity index (χ3v) is 3.75. The average Bonchev–Trinajstić information content (AvgIpc) is 2.61. The summed E-state index contributed by atoms with van der Waals surface area (Å²) in [5.74, 6) is -0.839. The highest BCUT2D eigenvalue weighted by Crippen LogP contribution is 2.33. The van der Waals surface area contributed by atoms with Gasteiger partial charge in [-0.3, -0.25) is 10.1 Å². The van der Waals surface area contributed by atoms with Crippen LogP contribution < -0.4 is 4.74 Å². The number of aryl methyl sites for hydroxylation is 1. The SMILES string of the molecule is Cc1ccc(C(=O)OCc2cc([N+](=O)[O-])cc3c2OCOC3)cc1F. The second-order valence-electron chi connectivity index (χ2n) is 5.50. The monoisotopic (exact) mass is 347 g/mol. The number of hydrogen-bond donors (Lipinski definition) is 0. The number of carbonyl (C=O) groups is 1. The molecule has 0 aromatic heterocycles. The maximum Gasteiger partial charge on any atom is 0.338 e. The molecule has 0 unspecified atom stereocenters. The number of fused-ring (bicyclic) bond motifs is 1. The molecule has 0 bridgehead atoms. The van der Waals surface area contributed by atoms with E-state index in [-0.39, 0.29) is 31.3 Å². The lowest BCUT2D eigenvalue weighted by atomic mass is 10.1. The molecule has 2 aromatic carbocycles. The van der Waals surface area contributed by atoms with Crippen molar-refractivity contribution in [1.29, 1.82) is 0 Å². The number of halogens is 1. The molecule has 0 radical (unpaired) electrons. The van der Waals surface area contributed by atoms with Gasteiger partial charge in [-0.15, -0.1) is 0 Å². The summed E-state index contributed by atoms with van der Waals surface area (Å²) in [6.45, 7) is 1.52. The first-order chi connectivity index (χ1) is 12.0. The van der Waals surface area contributed by atoms with E-state index in [0.29, 0.717) is 22.4 Å². The zero-order valence-electron chi connectivity index (χ0n) is 13.3. The largest absolute Gasteiger partial charge is 0.467 e. The number of rotatable bonds is 4. The Morgan fingerprint density at radius 2 is 2.16 bits per heavy atom. The van der Waals surface area contributed by atoms with Crippen molar-refractivity contribution in [2.75, 3.05) is 6.79 Å². The molecule has 1 heterocycles. The van der Waals surface area contributed by atoms with Gasteiger partial charge in [-0.2, -0.15) is 0 Å². The first kappa shape index (κ1) is 16.8. The predicted molar refractivity (Wildman–Crippen MR) is 83.6 cm³/mol. The number of benzene rings is 2. The number of nitro groups is 1. The summed E-state index contributed by atoms with van der Waals surface area (Å²) < 4.78 is 29.2. The number of esters is 1. The van der Waals surface area contributed by atoms with E-state index in [0.717, 1.165) is 6.07 Å². The first-order valence-electron chi connectivity index (χ1n) is 7.39. The molecule has 0 N–H and O–H groups in total. The number of ether oxygens (including phenoxy) is 3. The van der Waals surface area contributed by atoms with Gasteiger partial charge < -0.3 is 14.2 Å². The van der Waals surface area contributed by atoms with Crippen molar-refractivity contribution in [3.05, 3.63) is 68.5 Å². The Morgan fingerprint density at radius 1 is 1.36 bits per heavy atom. The quantitative estimate of drug-likeness (QED) is 0.479. The number of non-ortho nitro benzene ring substituents is 1. The molecule has 0 fully saturated rings. The molecular formula is C17H14FNO6. The Kier molecular flexibility index (Phi) is 4.62. The van der Waals surface area contributed by atoms with Crippen LogP contribution in [0.3, 0.4) is 0 Å². The van der Waals surface area contributed by atoms with Crippen LogP contribution in [0.15, 0.2) is 30.3 Å². The van der Waals surface area contributed by atoms with Crippen molar-refractivity contribution in [2.45, 2.75) is 20.1 Å². The molecule has 0 amide bonds. The van der Waals surface area contributed by atoms with Crippen LogP contribution in [0.25, 0.3) is 0 Å². The van der Waals surface area contributed by atoms with Gasteiger partial charge in [0.1, 0.15) is 18.2 Å². The van der Waals surface area contributed by atoms with E-state index in [2.05, 4.69) is 0 Å². The molecule has 1 aliphatic heterocycles. The highest BCUT2D eigenvalue weighted by molar-refractivity contribution is 5.89. The van der Waals surface area contributed by atoms with Crippen LogP contribution in [-0.2, 0) is 22.7 Å². The van der Waals surface area contributed by atoms with E-state index in [1.807, 2.05) is 0 Å². The van der Waals surface area contributed by atoms with Gasteiger partial charge in [0.15, 0.2) is 6.79 Å². The van der Waals surface area contributed by atoms with E-state index in [1.165, 1.54) is 24.3 Å². The van der Waals surface area contributed by atoms with Crippen LogP contribution in [0.4, 0.5) is 10.1 Å². The molecule has 0 aliphatic carbocycles. The minimum Gasteiger partial charge on any atom is -0.467 e. The third-order valence-electron chi connectivity index (χ3n) is 3.75. The zero-order valence-corrected chi connectivity index (χ0v) is 13.3. The van der Waals surface area contributed by atoms with Gasteiger partial charge in [0, 0.05) is 23.3 Å². The van der Waals surface area contributed by atoms with E-state index in [4.69, 9.17) is 14.2 Å². The molecule has 3 rings (SSSR count). The summed E-state index contributed by atoms with van der Waals surface area (Å²) in [5, 5.41) is 11.0. The number of carbonyl (C=O) groups excluding carboxylic acids is 1. The second kappa shape index (κ2) is 6.86. The molecular weight excluding hydrogens is 333 g/mol. The Bertz CT molecular complexity index is 851. The molecule has 25 heavy (non-hydrogen) atoms. The summed E-state index contributed by atoms with van der Waals surface area (Å²) >= 11 is 0. The molecule has 0 spiro atoms. The van der Waals surface area contributed by atoms with E-state index < -0.39 is 16.7 Å². The molecule has 0 saturated carbocycles. The summed E-state index contributed by atoms with van der Waals surface area (Å²) in [5.41, 5.74) is 1.19. The van der Waals surface area contributed by atoms with Crippen LogP contribution in [0.2, 0.25) is 0 Å². The normalized spacial score (nSPS) is 12.9. The van der Waals surface area contributed by atoms with Crippen LogP contribution >= 0.6 is 0 Å². The summed E-state index contributed by atoms with van der Waals surface area (Å²) in [6.07, 6.45) is 0. The minimum absolute atomic E-state index is 0.00886. The lowest BCUT2D eigenvalue weighted by molar-refractivity contribution is -0.385. The average molecular weight is 347 g/mol. The smallest absolute Gasteiger partial charge is 0.338 e. The summed E-state index contributed by atoms with van der Waals surface area (Å²) in [7, 11) is 0. The third kappa shape index (κ3) is 3.58. The van der Waals surface area contributed by atoms with Crippen LogP contribution in [0.1, 0.15) is 27.0 Å². The van der Waals surface area contributed by atoms with Gasteiger partial charge in [0.25, 0.3) is 5.69 Å². The maximum absolute atomic E-state index is 13.6. The van der Waals surface area contributed by atoms with Crippen molar-refractivity contribution in [3.63, 3.8) is 0 Å². The van der Waals surface area contributed by atoms with Gasteiger partial charge in [0.2, 0.25) is 0 Å². The molecule has 8 heteroatoms. The van der Waals surface area contributed by atoms with E-state index in [1.54, 1.807) is 6.92 Å². The first-order valence-corrected chi connectivity index (χ1v) is 7.39. The van der Waals surface area contributed by atoms with Gasteiger partial charge in [-0.05, 0) is 24.6 Å². The van der Waals surface area contributed by atoms with Gasteiger partial charge in [-0.1, -0.05) is 6.07 Å². The Labute approximate surface area is 142 Å². The molecule has 0 atom stereocenters. The van der Waals surface area contributed by atoms with Crippen molar-refractivity contribution < 1.29 is 28.3 Å². The van der Waals surface area contributed by atoms with Gasteiger partial charge in [-0.25, -0.2) is 9.18 Å². The molecule has 1 aliphatic rings. The Balaban J connectivity index is 1.82.